The number of ether oxygens (including phenoxy) is 1. The minimum atomic E-state index is 0.275. The summed E-state index contributed by atoms with van der Waals surface area (Å²) in [5, 5.41) is 0. The lowest BCUT2D eigenvalue weighted by molar-refractivity contribution is 0.0529. The van der Waals surface area contributed by atoms with E-state index in [2.05, 4.69) is 16.8 Å². The van der Waals surface area contributed by atoms with Crippen LogP contribution in [0.5, 0.6) is 0 Å². The third-order valence-corrected chi connectivity index (χ3v) is 2.61. The molecule has 15 heavy (non-hydrogen) atoms. The van der Waals surface area contributed by atoms with Gasteiger partial charge in [0.2, 0.25) is 0 Å². The van der Waals surface area contributed by atoms with Gasteiger partial charge in [-0.1, -0.05) is 0 Å². The van der Waals surface area contributed by atoms with Crippen LogP contribution >= 0.6 is 0 Å². The summed E-state index contributed by atoms with van der Waals surface area (Å²) >= 11 is 0. The summed E-state index contributed by atoms with van der Waals surface area (Å²) in [5.41, 5.74) is 7.53. The number of hydrogen-bond acceptors (Lipinski definition) is 4. The molecule has 2 rings (SSSR count). The number of pyridine rings is 1. The van der Waals surface area contributed by atoms with Crippen LogP contribution in [0.1, 0.15) is 12.5 Å². The minimum Gasteiger partial charge on any atom is -0.397 e. The first-order valence-corrected chi connectivity index (χ1v) is 5.25. The topological polar surface area (TPSA) is 51.4 Å². The number of anilines is 2. The van der Waals surface area contributed by atoms with Crippen molar-refractivity contribution >= 4 is 11.5 Å². The van der Waals surface area contributed by atoms with Gasteiger partial charge in [-0.2, -0.15) is 0 Å². The van der Waals surface area contributed by atoms with Gasteiger partial charge in [0.15, 0.2) is 0 Å². The average Bonchev–Trinajstić information content (AvgIpc) is 2.17. The van der Waals surface area contributed by atoms with Gasteiger partial charge in [-0.05, 0) is 25.5 Å². The molecule has 1 unspecified atom stereocenters. The van der Waals surface area contributed by atoms with E-state index < -0.39 is 0 Å². The van der Waals surface area contributed by atoms with Crippen LogP contribution in [0.2, 0.25) is 0 Å². The lowest BCUT2D eigenvalue weighted by Gasteiger charge is -2.32. The van der Waals surface area contributed by atoms with Gasteiger partial charge < -0.3 is 15.4 Å². The van der Waals surface area contributed by atoms with Crippen molar-refractivity contribution in [2.24, 2.45) is 0 Å². The summed E-state index contributed by atoms with van der Waals surface area (Å²) in [4.78, 5) is 6.63. The van der Waals surface area contributed by atoms with Gasteiger partial charge >= 0.3 is 0 Å². The van der Waals surface area contributed by atoms with E-state index in [0.29, 0.717) is 0 Å². The highest BCUT2D eigenvalue weighted by molar-refractivity contribution is 5.52. The second-order valence-corrected chi connectivity index (χ2v) is 4.04. The molecule has 1 saturated heterocycles. The lowest BCUT2D eigenvalue weighted by Crippen LogP contribution is -2.41. The van der Waals surface area contributed by atoms with Crippen LogP contribution in [0, 0.1) is 6.92 Å². The van der Waals surface area contributed by atoms with Gasteiger partial charge in [0, 0.05) is 13.1 Å². The Kier molecular flexibility index (Phi) is 2.77. The highest BCUT2D eigenvalue weighted by Gasteiger charge is 2.19. The molecule has 1 fully saturated rings. The van der Waals surface area contributed by atoms with E-state index in [1.165, 1.54) is 0 Å². The zero-order chi connectivity index (χ0) is 10.8. The molecule has 0 radical (unpaired) electrons. The predicted molar refractivity (Wildman–Crippen MR) is 61.0 cm³/mol. The quantitative estimate of drug-likeness (QED) is 0.751. The normalized spacial score (nSPS) is 21.7. The van der Waals surface area contributed by atoms with Gasteiger partial charge in [0.1, 0.15) is 5.82 Å². The van der Waals surface area contributed by atoms with Crippen LogP contribution in [0.4, 0.5) is 11.5 Å². The Labute approximate surface area is 90.0 Å². The third-order valence-electron chi connectivity index (χ3n) is 2.61. The lowest BCUT2D eigenvalue weighted by atomic mass is 10.2. The van der Waals surface area contributed by atoms with Crippen molar-refractivity contribution in [3.05, 3.63) is 17.8 Å². The Morgan fingerprint density at radius 3 is 3.07 bits per heavy atom. The molecule has 4 nitrogen and oxygen atoms in total. The summed E-state index contributed by atoms with van der Waals surface area (Å²) in [6.07, 6.45) is 1.99. The van der Waals surface area contributed by atoms with Crippen LogP contribution in [0.25, 0.3) is 0 Å². The third kappa shape index (κ3) is 2.21. The second-order valence-electron chi connectivity index (χ2n) is 4.04. The number of nitrogens with zero attached hydrogens (tertiary/aromatic N) is 2. The number of aromatic nitrogens is 1. The summed E-state index contributed by atoms with van der Waals surface area (Å²) in [7, 11) is 0. The van der Waals surface area contributed by atoms with Crippen LogP contribution in [-0.2, 0) is 4.74 Å². The first-order valence-electron chi connectivity index (χ1n) is 5.25. The minimum absolute atomic E-state index is 0.275. The van der Waals surface area contributed by atoms with E-state index in [1.807, 2.05) is 13.0 Å². The Morgan fingerprint density at radius 1 is 1.60 bits per heavy atom. The second kappa shape index (κ2) is 4.06. The molecule has 1 aliphatic rings. The molecule has 0 aromatic carbocycles. The monoisotopic (exact) mass is 207 g/mol. The molecule has 1 atom stereocenters. The van der Waals surface area contributed by atoms with E-state index in [1.54, 1.807) is 6.20 Å². The summed E-state index contributed by atoms with van der Waals surface area (Å²) < 4.78 is 5.50. The molecule has 0 saturated carbocycles. The fourth-order valence-electron chi connectivity index (χ4n) is 1.93. The number of morpholine rings is 1. The fraction of sp³-hybridized carbons (Fsp3) is 0.545. The zero-order valence-electron chi connectivity index (χ0n) is 9.23. The maximum Gasteiger partial charge on any atom is 0.131 e. The number of nitrogen functional groups attached to an aromatic ring is 1. The predicted octanol–water partition coefficient (Wildman–Crippen LogP) is 1.20. The molecule has 4 heteroatoms. The highest BCUT2D eigenvalue weighted by atomic mass is 16.5. The zero-order valence-corrected chi connectivity index (χ0v) is 9.23. The molecule has 0 bridgehead atoms. The Balaban J connectivity index is 2.21. The number of aryl methyl sites for hydroxylation is 1. The highest BCUT2D eigenvalue weighted by Crippen LogP contribution is 2.20. The smallest absolute Gasteiger partial charge is 0.131 e. The first kappa shape index (κ1) is 10.2. The number of rotatable bonds is 1. The van der Waals surface area contributed by atoms with Crippen LogP contribution in [-0.4, -0.2) is 30.8 Å². The molecule has 1 aliphatic heterocycles. The van der Waals surface area contributed by atoms with Crippen molar-refractivity contribution in [1.29, 1.82) is 0 Å². The molecule has 2 N–H and O–H groups in total. The van der Waals surface area contributed by atoms with Crippen molar-refractivity contribution in [1.82, 2.24) is 4.98 Å². The SMILES string of the molecule is Cc1cc(N)cnc1N1CCOC(C)C1. The van der Waals surface area contributed by atoms with Gasteiger partial charge in [0.25, 0.3) is 0 Å². The molecular weight excluding hydrogens is 190 g/mol. The summed E-state index contributed by atoms with van der Waals surface area (Å²) in [6.45, 7) is 6.70. The van der Waals surface area contributed by atoms with Crippen molar-refractivity contribution in [3.63, 3.8) is 0 Å². The maximum absolute atomic E-state index is 5.68. The Bertz CT molecular complexity index is 354. The van der Waals surface area contributed by atoms with Crippen molar-refractivity contribution in [2.75, 3.05) is 30.3 Å². The first-order chi connectivity index (χ1) is 7.16. The van der Waals surface area contributed by atoms with Crippen LogP contribution < -0.4 is 10.6 Å². The standard InChI is InChI=1S/C11H17N3O/c1-8-5-10(12)6-13-11(8)14-3-4-15-9(2)7-14/h5-6,9H,3-4,7,12H2,1-2H3. The largest absolute Gasteiger partial charge is 0.397 e. The Morgan fingerprint density at radius 2 is 2.40 bits per heavy atom. The van der Waals surface area contributed by atoms with Crippen molar-refractivity contribution in [2.45, 2.75) is 20.0 Å². The summed E-state index contributed by atoms with van der Waals surface area (Å²) in [5.74, 6) is 1.03. The van der Waals surface area contributed by atoms with E-state index in [0.717, 1.165) is 36.8 Å². The maximum atomic E-state index is 5.68. The molecular formula is C11H17N3O. The molecule has 2 heterocycles. The Hall–Kier alpha value is -1.29. The molecule has 1 aromatic rings. The molecule has 1 aromatic heterocycles. The van der Waals surface area contributed by atoms with Gasteiger partial charge in [0.05, 0.1) is 24.6 Å². The average molecular weight is 207 g/mol. The number of hydrogen-bond donors (Lipinski definition) is 1. The molecule has 0 spiro atoms. The molecule has 82 valence electrons. The molecule has 0 amide bonds. The van der Waals surface area contributed by atoms with Gasteiger partial charge in [-0.25, -0.2) is 4.98 Å². The van der Waals surface area contributed by atoms with Crippen LogP contribution in [0.15, 0.2) is 12.3 Å². The van der Waals surface area contributed by atoms with Crippen molar-refractivity contribution < 1.29 is 4.74 Å². The van der Waals surface area contributed by atoms with E-state index in [4.69, 9.17) is 10.5 Å². The van der Waals surface area contributed by atoms with Crippen molar-refractivity contribution in [3.8, 4) is 0 Å². The summed E-state index contributed by atoms with van der Waals surface area (Å²) in [6, 6.07) is 1.96. The fourth-order valence-corrected chi connectivity index (χ4v) is 1.93. The van der Waals surface area contributed by atoms with E-state index in [9.17, 15) is 0 Å². The van der Waals surface area contributed by atoms with Crippen LogP contribution in [0.3, 0.4) is 0 Å². The van der Waals surface area contributed by atoms with E-state index in [-0.39, 0.29) is 6.10 Å². The number of nitrogens with two attached hydrogens (primary N) is 1. The van der Waals surface area contributed by atoms with Gasteiger partial charge in [-0.15, -0.1) is 0 Å². The molecule has 0 aliphatic carbocycles. The van der Waals surface area contributed by atoms with Gasteiger partial charge in [-0.3, -0.25) is 0 Å². The van der Waals surface area contributed by atoms with E-state index >= 15 is 0 Å².